The highest BCUT2D eigenvalue weighted by Gasteiger charge is 2.16. The molecule has 0 unspecified atom stereocenters. The van der Waals surface area contributed by atoms with Gasteiger partial charge < -0.3 is 4.40 Å². The Bertz CT molecular complexity index is 908. The van der Waals surface area contributed by atoms with Gasteiger partial charge in [0.15, 0.2) is 5.82 Å². The molecular formula is C14H10ClN5. The maximum absolute atomic E-state index is 6.10. The molecule has 3 aromatic heterocycles. The molecule has 98 valence electrons. The second-order valence-electron chi connectivity index (χ2n) is 4.43. The van der Waals surface area contributed by atoms with Gasteiger partial charge in [-0.3, -0.25) is 0 Å². The van der Waals surface area contributed by atoms with Gasteiger partial charge in [-0.05, 0) is 24.3 Å². The Morgan fingerprint density at radius 3 is 2.80 bits per heavy atom. The van der Waals surface area contributed by atoms with Crippen molar-refractivity contribution in [3.8, 4) is 5.82 Å². The average molecular weight is 284 g/mol. The van der Waals surface area contributed by atoms with Crippen LogP contribution in [0.1, 0.15) is 5.69 Å². The molecule has 3 heterocycles. The molecule has 4 aromatic rings. The lowest BCUT2D eigenvalue weighted by Gasteiger charge is -2.01. The summed E-state index contributed by atoms with van der Waals surface area (Å²) in [6.45, 7) is 0. The highest BCUT2D eigenvalue weighted by atomic mass is 35.5. The minimum absolute atomic E-state index is 0.356. The van der Waals surface area contributed by atoms with Gasteiger partial charge in [-0.15, -0.1) is 16.7 Å². The lowest BCUT2D eigenvalue weighted by molar-refractivity contribution is 0.799. The Labute approximate surface area is 119 Å². The molecule has 0 bridgehead atoms. The van der Waals surface area contributed by atoms with Crippen LogP contribution in [-0.4, -0.2) is 24.4 Å². The first-order chi connectivity index (χ1) is 9.88. The SMILES string of the molecule is ClCc1c(-n2nnc3ccccc32)nc2ccccn12. The fourth-order valence-corrected chi connectivity index (χ4v) is 2.60. The predicted octanol–water partition coefficient (Wildman–Crippen LogP) is 2.81. The van der Waals surface area contributed by atoms with Crippen LogP contribution in [0.4, 0.5) is 0 Å². The second-order valence-corrected chi connectivity index (χ2v) is 4.70. The van der Waals surface area contributed by atoms with Gasteiger partial charge in [-0.25, -0.2) is 4.98 Å². The fourth-order valence-electron chi connectivity index (χ4n) is 2.35. The zero-order valence-electron chi connectivity index (χ0n) is 10.4. The molecular weight excluding hydrogens is 274 g/mol. The van der Waals surface area contributed by atoms with E-state index in [2.05, 4.69) is 15.3 Å². The van der Waals surface area contributed by atoms with Crippen molar-refractivity contribution in [3.63, 3.8) is 0 Å². The summed E-state index contributed by atoms with van der Waals surface area (Å²) in [5.74, 6) is 1.08. The highest BCUT2D eigenvalue weighted by molar-refractivity contribution is 6.17. The first-order valence-electron chi connectivity index (χ1n) is 6.21. The number of halogens is 1. The fraction of sp³-hybridized carbons (Fsp3) is 0.0714. The Morgan fingerprint density at radius 2 is 1.90 bits per heavy atom. The number of hydrogen-bond acceptors (Lipinski definition) is 3. The Kier molecular flexibility index (Phi) is 2.47. The molecule has 1 aromatic carbocycles. The van der Waals surface area contributed by atoms with Gasteiger partial charge in [0, 0.05) is 6.20 Å². The lowest BCUT2D eigenvalue weighted by Crippen LogP contribution is -2.01. The zero-order chi connectivity index (χ0) is 13.5. The van der Waals surface area contributed by atoms with E-state index < -0.39 is 0 Å². The van der Waals surface area contributed by atoms with Crippen LogP contribution in [0.15, 0.2) is 48.7 Å². The largest absolute Gasteiger partial charge is 0.301 e. The predicted molar refractivity (Wildman–Crippen MR) is 77.2 cm³/mol. The second kappa shape index (κ2) is 4.31. The molecule has 0 aliphatic heterocycles. The summed E-state index contributed by atoms with van der Waals surface area (Å²) in [4.78, 5) is 4.62. The summed E-state index contributed by atoms with van der Waals surface area (Å²) in [6, 6.07) is 13.6. The van der Waals surface area contributed by atoms with Crippen molar-refractivity contribution in [1.82, 2.24) is 24.4 Å². The molecule has 0 amide bonds. The average Bonchev–Trinajstić information content (AvgIpc) is 3.07. The summed E-state index contributed by atoms with van der Waals surface area (Å²) in [7, 11) is 0. The summed E-state index contributed by atoms with van der Waals surface area (Å²) >= 11 is 6.10. The minimum atomic E-state index is 0.356. The third-order valence-electron chi connectivity index (χ3n) is 3.29. The van der Waals surface area contributed by atoms with Crippen LogP contribution in [-0.2, 0) is 5.88 Å². The summed E-state index contributed by atoms with van der Waals surface area (Å²) in [6.07, 6.45) is 1.95. The van der Waals surface area contributed by atoms with Gasteiger partial charge >= 0.3 is 0 Å². The Hall–Kier alpha value is -2.40. The molecule has 0 saturated carbocycles. The minimum Gasteiger partial charge on any atom is -0.301 e. The van der Waals surface area contributed by atoms with Crippen molar-refractivity contribution in [2.24, 2.45) is 0 Å². The van der Waals surface area contributed by atoms with Crippen LogP contribution in [0.2, 0.25) is 0 Å². The van der Waals surface area contributed by atoms with Crippen molar-refractivity contribution in [2.75, 3.05) is 0 Å². The molecule has 0 radical (unpaired) electrons. The van der Waals surface area contributed by atoms with Crippen LogP contribution < -0.4 is 0 Å². The summed E-state index contributed by atoms with van der Waals surface area (Å²) in [5, 5.41) is 8.36. The molecule has 0 spiro atoms. The molecule has 5 nitrogen and oxygen atoms in total. The molecule has 20 heavy (non-hydrogen) atoms. The van der Waals surface area contributed by atoms with Crippen LogP contribution in [0.3, 0.4) is 0 Å². The maximum atomic E-state index is 6.10. The number of aromatic nitrogens is 5. The molecule has 4 rings (SSSR count). The Morgan fingerprint density at radius 1 is 1.05 bits per heavy atom. The van der Waals surface area contributed by atoms with Crippen molar-refractivity contribution in [3.05, 3.63) is 54.4 Å². The van der Waals surface area contributed by atoms with E-state index in [0.29, 0.717) is 5.88 Å². The van der Waals surface area contributed by atoms with E-state index in [4.69, 9.17) is 11.6 Å². The van der Waals surface area contributed by atoms with Crippen LogP contribution in [0.5, 0.6) is 0 Å². The van der Waals surface area contributed by atoms with E-state index in [1.165, 1.54) is 0 Å². The first-order valence-corrected chi connectivity index (χ1v) is 6.74. The van der Waals surface area contributed by atoms with Crippen LogP contribution in [0, 0.1) is 0 Å². The number of para-hydroxylation sites is 1. The number of pyridine rings is 1. The smallest absolute Gasteiger partial charge is 0.179 e. The van der Waals surface area contributed by atoms with E-state index in [1.54, 1.807) is 4.68 Å². The number of nitrogens with zero attached hydrogens (tertiary/aromatic N) is 5. The number of benzene rings is 1. The standard InChI is InChI=1S/C14H10ClN5/c15-9-12-14(16-13-7-3-4-8-19(12)13)20-11-6-2-1-5-10(11)17-18-20/h1-8H,9H2. The first kappa shape index (κ1) is 11.4. The maximum Gasteiger partial charge on any atom is 0.179 e. The lowest BCUT2D eigenvalue weighted by atomic mass is 10.3. The van der Waals surface area contributed by atoms with Crippen molar-refractivity contribution in [1.29, 1.82) is 0 Å². The number of hydrogen-bond donors (Lipinski definition) is 0. The van der Waals surface area contributed by atoms with Gasteiger partial charge in [0.2, 0.25) is 0 Å². The van der Waals surface area contributed by atoms with Gasteiger partial charge in [0.05, 0.1) is 17.1 Å². The van der Waals surface area contributed by atoms with Crippen molar-refractivity contribution < 1.29 is 0 Å². The van der Waals surface area contributed by atoms with E-state index >= 15 is 0 Å². The third kappa shape index (κ3) is 1.53. The zero-order valence-corrected chi connectivity index (χ0v) is 11.2. The summed E-state index contributed by atoms with van der Waals surface area (Å²) in [5.41, 5.74) is 3.50. The van der Waals surface area contributed by atoms with E-state index in [-0.39, 0.29) is 0 Å². The van der Waals surface area contributed by atoms with E-state index in [0.717, 1.165) is 28.2 Å². The van der Waals surface area contributed by atoms with Gasteiger partial charge in [0.1, 0.15) is 11.2 Å². The quantitative estimate of drug-likeness (QED) is 0.532. The molecule has 6 heteroatoms. The van der Waals surface area contributed by atoms with E-state index in [1.807, 2.05) is 53.1 Å². The highest BCUT2D eigenvalue weighted by Crippen LogP contribution is 2.21. The molecule has 0 aliphatic rings. The van der Waals surface area contributed by atoms with Gasteiger partial charge in [-0.2, -0.15) is 4.68 Å². The number of rotatable bonds is 2. The molecule has 0 aliphatic carbocycles. The number of fused-ring (bicyclic) bond motifs is 2. The normalized spacial score (nSPS) is 11.4. The topological polar surface area (TPSA) is 48.0 Å². The third-order valence-corrected chi connectivity index (χ3v) is 3.54. The van der Waals surface area contributed by atoms with Crippen LogP contribution >= 0.6 is 11.6 Å². The number of imidazole rings is 1. The van der Waals surface area contributed by atoms with Gasteiger partial charge in [-0.1, -0.05) is 23.4 Å². The monoisotopic (exact) mass is 283 g/mol. The van der Waals surface area contributed by atoms with Crippen LogP contribution in [0.25, 0.3) is 22.5 Å². The number of alkyl halides is 1. The molecule has 0 saturated heterocycles. The summed E-state index contributed by atoms with van der Waals surface area (Å²) < 4.78 is 3.71. The Balaban J connectivity index is 2.07. The van der Waals surface area contributed by atoms with Crippen molar-refractivity contribution in [2.45, 2.75) is 5.88 Å². The molecule has 0 atom stereocenters. The van der Waals surface area contributed by atoms with Crippen molar-refractivity contribution >= 4 is 28.3 Å². The molecule has 0 N–H and O–H groups in total. The van der Waals surface area contributed by atoms with Gasteiger partial charge in [0.25, 0.3) is 0 Å². The molecule has 0 fully saturated rings. The van der Waals surface area contributed by atoms with E-state index in [9.17, 15) is 0 Å².